The van der Waals surface area contributed by atoms with E-state index in [9.17, 15) is 14.0 Å². The number of carbonyl (C=O) groups is 1. The van der Waals surface area contributed by atoms with Crippen molar-refractivity contribution in [3.63, 3.8) is 0 Å². The molecule has 25 heavy (non-hydrogen) atoms. The molecule has 7 heteroatoms. The van der Waals surface area contributed by atoms with E-state index in [-0.39, 0.29) is 12.1 Å². The minimum Gasteiger partial charge on any atom is -0.464 e. The molecule has 0 radical (unpaired) electrons. The molecule has 2 N–H and O–H groups in total. The van der Waals surface area contributed by atoms with E-state index in [2.05, 4.69) is 29.0 Å². The SMILES string of the molecule is CCN(CC)CCOC(=O)C1CNc2c1c1cc(F)ccc1[nH]c2=O. The van der Waals surface area contributed by atoms with Gasteiger partial charge >= 0.3 is 5.97 Å². The van der Waals surface area contributed by atoms with Crippen LogP contribution in [0.15, 0.2) is 23.0 Å². The molecule has 0 amide bonds. The van der Waals surface area contributed by atoms with Crippen LogP contribution in [0.2, 0.25) is 0 Å². The number of carbonyl (C=O) groups excluding carboxylic acids is 1. The molecule has 1 aliphatic rings. The number of H-pyrrole nitrogens is 1. The van der Waals surface area contributed by atoms with E-state index in [0.717, 1.165) is 13.1 Å². The molecule has 1 unspecified atom stereocenters. The van der Waals surface area contributed by atoms with Gasteiger partial charge in [-0.3, -0.25) is 9.59 Å². The van der Waals surface area contributed by atoms with Crippen LogP contribution < -0.4 is 10.9 Å². The van der Waals surface area contributed by atoms with E-state index in [4.69, 9.17) is 4.74 Å². The number of hydrogen-bond donors (Lipinski definition) is 2. The fourth-order valence-electron chi connectivity index (χ4n) is 3.25. The van der Waals surface area contributed by atoms with Gasteiger partial charge < -0.3 is 19.9 Å². The Morgan fingerprint density at radius 3 is 2.84 bits per heavy atom. The average molecular weight is 347 g/mol. The van der Waals surface area contributed by atoms with Crippen molar-refractivity contribution in [2.45, 2.75) is 19.8 Å². The summed E-state index contributed by atoms with van der Waals surface area (Å²) >= 11 is 0. The largest absolute Gasteiger partial charge is 0.464 e. The number of ether oxygens (including phenoxy) is 1. The Morgan fingerprint density at radius 1 is 1.36 bits per heavy atom. The van der Waals surface area contributed by atoms with Gasteiger partial charge in [-0.2, -0.15) is 0 Å². The number of aromatic nitrogens is 1. The zero-order valence-corrected chi connectivity index (χ0v) is 14.4. The van der Waals surface area contributed by atoms with Crippen LogP contribution in [0, 0.1) is 5.82 Å². The van der Waals surface area contributed by atoms with E-state index >= 15 is 0 Å². The first kappa shape index (κ1) is 17.4. The molecule has 6 nitrogen and oxygen atoms in total. The van der Waals surface area contributed by atoms with Crippen LogP contribution in [0.5, 0.6) is 0 Å². The van der Waals surface area contributed by atoms with Crippen molar-refractivity contribution >= 4 is 22.6 Å². The molecule has 2 heterocycles. The van der Waals surface area contributed by atoms with Crippen molar-refractivity contribution in [1.82, 2.24) is 9.88 Å². The second-order valence-corrected chi connectivity index (χ2v) is 6.06. The zero-order chi connectivity index (χ0) is 18.0. The molecule has 0 spiro atoms. The number of halogens is 1. The van der Waals surface area contributed by atoms with E-state index < -0.39 is 17.7 Å². The highest BCUT2D eigenvalue weighted by atomic mass is 19.1. The minimum absolute atomic E-state index is 0.276. The number of likely N-dealkylation sites (N-methyl/N-ethyl adjacent to an activating group) is 1. The molecular formula is C18H22FN3O3. The lowest BCUT2D eigenvalue weighted by molar-refractivity contribution is -0.145. The predicted molar refractivity (Wildman–Crippen MR) is 94.5 cm³/mol. The Balaban J connectivity index is 1.85. The van der Waals surface area contributed by atoms with Gasteiger partial charge in [-0.25, -0.2) is 4.39 Å². The van der Waals surface area contributed by atoms with Crippen LogP contribution in [-0.4, -0.2) is 48.6 Å². The van der Waals surface area contributed by atoms with E-state index in [0.29, 0.717) is 35.3 Å². The quantitative estimate of drug-likeness (QED) is 0.783. The lowest BCUT2D eigenvalue weighted by Gasteiger charge is -2.18. The molecular weight excluding hydrogens is 325 g/mol. The van der Waals surface area contributed by atoms with Gasteiger partial charge in [0.2, 0.25) is 0 Å². The minimum atomic E-state index is -0.613. The van der Waals surface area contributed by atoms with Gasteiger partial charge in [-0.15, -0.1) is 0 Å². The standard InChI is InChI=1S/C18H22FN3O3/c1-3-22(4-2)7-8-25-18(24)13-10-20-16-15(13)12-9-11(19)5-6-14(12)21-17(16)23/h5-6,9,13,20H,3-4,7-8,10H2,1-2H3,(H,21,23). The molecule has 1 aromatic carbocycles. The zero-order valence-electron chi connectivity index (χ0n) is 14.4. The maximum absolute atomic E-state index is 13.7. The summed E-state index contributed by atoms with van der Waals surface area (Å²) in [4.78, 5) is 29.6. The van der Waals surface area contributed by atoms with Crippen LogP contribution >= 0.6 is 0 Å². The predicted octanol–water partition coefficient (Wildman–Crippen LogP) is 2.06. The molecule has 134 valence electrons. The number of esters is 1. The number of anilines is 1. The Labute approximate surface area is 145 Å². The van der Waals surface area contributed by atoms with Crippen LogP contribution in [0.1, 0.15) is 25.3 Å². The Hall–Kier alpha value is -2.41. The van der Waals surface area contributed by atoms with Gasteiger partial charge in [0, 0.05) is 29.6 Å². The molecule has 0 fully saturated rings. The van der Waals surface area contributed by atoms with Crippen LogP contribution in [0.3, 0.4) is 0 Å². The summed E-state index contributed by atoms with van der Waals surface area (Å²) in [6, 6.07) is 4.13. The number of hydrogen-bond acceptors (Lipinski definition) is 5. The molecule has 2 aromatic rings. The lowest BCUT2D eigenvalue weighted by atomic mass is 9.97. The summed E-state index contributed by atoms with van der Waals surface area (Å²) in [6.07, 6.45) is 0. The molecule has 1 aliphatic heterocycles. The summed E-state index contributed by atoms with van der Waals surface area (Å²) in [5.74, 6) is -1.42. The van der Waals surface area contributed by atoms with Gasteiger partial charge in [-0.05, 0) is 31.3 Å². The van der Waals surface area contributed by atoms with Crippen LogP contribution in [0.4, 0.5) is 10.1 Å². The molecule has 0 bridgehead atoms. The van der Waals surface area contributed by atoms with E-state index in [1.54, 1.807) is 0 Å². The van der Waals surface area contributed by atoms with Gasteiger partial charge in [0.25, 0.3) is 5.56 Å². The molecule has 0 saturated heterocycles. The topological polar surface area (TPSA) is 74.4 Å². The van der Waals surface area contributed by atoms with Gasteiger partial charge in [0.1, 0.15) is 24.0 Å². The van der Waals surface area contributed by atoms with Gasteiger partial charge in [-0.1, -0.05) is 13.8 Å². The highest BCUT2D eigenvalue weighted by Gasteiger charge is 2.33. The number of fused-ring (bicyclic) bond motifs is 3. The van der Waals surface area contributed by atoms with E-state index in [1.807, 2.05) is 0 Å². The monoisotopic (exact) mass is 347 g/mol. The molecule has 1 atom stereocenters. The maximum Gasteiger partial charge on any atom is 0.315 e. The number of aromatic amines is 1. The third-order valence-electron chi connectivity index (χ3n) is 4.68. The Morgan fingerprint density at radius 2 is 2.12 bits per heavy atom. The number of nitrogens with one attached hydrogen (secondary N) is 2. The van der Waals surface area contributed by atoms with Crippen molar-refractivity contribution in [3.8, 4) is 0 Å². The first-order chi connectivity index (χ1) is 12.0. The first-order valence-corrected chi connectivity index (χ1v) is 8.53. The highest BCUT2D eigenvalue weighted by molar-refractivity contribution is 5.95. The summed E-state index contributed by atoms with van der Waals surface area (Å²) in [5, 5.41) is 3.49. The molecule has 0 aliphatic carbocycles. The highest BCUT2D eigenvalue weighted by Crippen LogP contribution is 2.35. The van der Waals surface area contributed by atoms with Crippen molar-refractivity contribution in [2.75, 3.05) is 38.1 Å². The average Bonchev–Trinajstić information content (AvgIpc) is 3.05. The fraction of sp³-hybridized carbons (Fsp3) is 0.444. The Bertz CT molecular complexity index is 845. The summed E-state index contributed by atoms with van der Waals surface area (Å²) < 4.78 is 19.1. The van der Waals surface area contributed by atoms with Crippen molar-refractivity contribution in [1.29, 1.82) is 0 Å². The van der Waals surface area contributed by atoms with Gasteiger partial charge in [0.15, 0.2) is 0 Å². The van der Waals surface area contributed by atoms with Crippen molar-refractivity contribution in [3.05, 3.63) is 39.9 Å². The van der Waals surface area contributed by atoms with Crippen LogP contribution in [-0.2, 0) is 9.53 Å². The molecule has 1 aromatic heterocycles. The van der Waals surface area contributed by atoms with Crippen molar-refractivity contribution < 1.29 is 13.9 Å². The smallest absolute Gasteiger partial charge is 0.315 e. The molecule has 0 saturated carbocycles. The number of pyridine rings is 1. The maximum atomic E-state index is 13.7. The number of rotatable bonds is 6. The first-order valence-electron chi connectivity index (χ1n) is 8.53. The summed E-state index contributed by atoms with van der Waals surface area (Å²) in [5.41, 5.74) is 1.04. The fourth-order valence-corrected chi connectivity index (χ4v) is 3.25. The second kappa shape index (κ2) is 7.23. The third-order valence-corrected chi connectivity index (χ3v) is 4.68. The molecule has 3 rings (SSSR count). The number of nitrogens with zero attached hydrogens (tertiary/aromatic N) is 1. The van der Waals surface area contributed by atoms with Crippen LogP contribution in [0.25, 0.3) is 10.9 Å². The summed E-state index contributed by atoms with van der Waals surface area (Å²) in [7, 11) is 0. The lowest BCUT2D eigenvalue weighted by Crippen LogP contribution is -2.29. The summed E-state index contributed by atoms with van der Waals surface area (Å²) in [6.45, 7) is 7.11. The second-order valence-electron chi connectivity index (χ2n) is 6.06. The van der Waals surface area contributed by atoms with Crippen molar-refractivity contribution in [2.24, 2.45) is 0 Å². The normalized spacial score (nSPS) is 16.1. The Kier molecular flexibility index (Phi) is 5.03. The third kappa shape index (κ3) is 3.37. The number of benzene rings is 1. The van der Waals surface area contributed by atoms with Gasteiger partial charge in [0.05, 0.1) is 0 Å². The van der Waals surface area contributed by atoms with E-state index in [1.165, 1.54) is 18.2 Å².